The fourth-order valence-corrected chi connectivity index (χ4v) is 4.17. The molecular weight excluding hydrogens is 264 g/mol. The first-order chi connectivity index (χ1) is 10.7. The maximum Gasteiger partial charge on any atom is -0.0165 e. The summed E-state index contributed by atoms with van der Waals surface area (Å²) in [4.78, 5) is 0. The van der Waals surface area contributed by atoms with E-state index >= 15 is 0 Å². The van der Waals surface area contributed by atoms with Gasteiger partial charge in [-0.05, 0) is 54.1 Å². The highest BCUT2D eigenvalue weighted by molar-refractivity contribution is 5.22. The topological polar surface area (TPSA) is 0 Å². The van der Waals surface area contributed by atoms with Crippen molar-refractivity contribution in [3.63, 3.8) is 0 Å². The highest BCUT2D eigenvalue weighted by Gasteiger charge is 2.43. The van der Waals surface area contributed by atoms with Crippen LogP contribution in [0.5, 0.6) is 0 Å². The summed E-state index contributed by atoms with van der Waals surface area (Å²) in [5.74, 6) is 1.59. The summed E-state index contributed by atoms with van der Waals surface area (Å²) < 4.78 is 0. The first-order valence-corrected chi connectivity index (χ1v) is 8.78. The van der Waals surface area contributed by atoms with Gasteiger partial charge in [-0.3, -0.25) is 0 Å². The van der Waals surface area contributed by atoms with Crippen LogP contribution in [0.25, 0.3) is 0 Å². The van der Waals surface area contributed by atoms with Gasteiger partial charge in [0.25, 0.3) is 0 Å². The number of hydrogen-bond acceptors (Lipinski definition) is 0. The molecule has 1 aliphatic carbocycles. The average Bonchev–Trinajstić information content (AvgIpc) is 2.47. The van der Waals surface area contributed by atoms with Gasteiger partial charge in [-0.1, -0.05) is 80.9 Å². The van der Waals surface area contributed by atoms with Crippen molar-refractivity contribution in [1.29, 1.82) is 0 Å². The zero-order valence-electron chi connectivity index (χ0n) is 14.0. The van der Waals surface area contributed by atoms with Crippen LogP contribution >= 0.6 is 0 Å². The number of rotatable bonds is 6. The Morgan fingerprint density at radius 1 is 0.818 bits per heavy atom. The Morgan fingerprint density at radius 2 is 1.27 bits per heavy atom. The summed E-state index contributed by atoms with van der Waals surface area (Å²) in [5.41, 5.74) is 3.40. The second kappa shape index (κ2) is 6.69. The molecule has 0 aromatic heterocycles. The van der Waals surface area contributed by atoms with Crippen LogP contribution in [-0.4, -0.2) is 0 Å². The van der Waals surface area contributed by atoms with E-state index in [9.17, 15) is 0 Å². The Bertz CT molecular complexity index is 522. The zero-order chi connectivity index (χ0) is 15.4. The lowest BCUT2D eigenvalue weighted by atomic mass is 9.55. The molecule has 1 saturated carbocycles. The molecule has 0 amide bonds. The molecule has 0 N–H and O–H groups in total. The van der Waals surface area contributed by atoms with E-state index in [0.29, 0.717) is 11.3 Å². The molecule has 0 radical (unpaired) electrons. The van der Waals surface area contributed by atoms with E-state index < -0.39 is 0 Å². The molecule has 116 valence electrons. The van der Waals surface area contributed by atoms with Crippen LogP contribution in [0, 0.1) is 17.3 Å². The predicted molar refractivity (Wildman–Crippen MR) is 94.9 cm³/mol. The number of hydrogen-bond donors (Lipinski definition) is 0. The van der Waals surface area contributed by atoms with Crippen LogP contribution in [0.15, 0.2) is 60.7 Å². The van der Waals surface area contributed by atoms with Crippen molar-refractivity contribution in [1.82, 2.24) is 0 Å². The molecule has 2 aromatic rings. The summed E-state index contributed by atoms with van der Waals surface area (Å²) >= 11 is 0. The first kappa shape index (κ1) is 15.3. The van der Waals surface area contributed by atoms with E-state index in [4.69, 9.17) is 0 Å². The maximum atomic E-state index is 2.43. The average molecular weight is 292 g/mol. The molecule has 0 unspecified atom stereocenters. The van der Waals surface area contributed by atoms with Crippen molar-refractivity contribution in [2.45, 2.75) is 46.0 Å². The minimum Gasteiger partial charge on any atom is -0.0622 e. The Kier molecular flexibility index (Phi) is 4.66. The van der Waals surface area contributed by atoms with Crippen LogP contribution in [0.1, 0.15) is 44.2 Å². The van der Waals surface area contributed by atoms with E-state index in [1.165, 1.54) is 43.2 Å². The summed E-state index contributed by atoms with van der Waals surface area (Å²) in [6.07, 6.45) is 6.68. The molecule has 2 aromatic carbocycles. The van der Waals surface area contributed by atoms with Crippen molar-refractivity contribution in [3.05, 3.63) is 71.8 Å². The van der Waals surface area contributed by atoms with Gasteiger partial charge in [0, 0.05) is 0 Å². The van der Waals surface area contributed by atoms with E-state index in [2.05, 4.69) is 74.5 Å². The van der Waals surface area contributed by atoms with Gasteiger partial charge in [-0.25, -0.2) is 0 Å². The van der Waals surface area contributed by atoms with E-state index in [-0.39, 0.29) is 0 Å². The second-order valence-electron chi connectivity index (χ2n) is 7.34. The third-order valence-corrected chi connectivity index (χ3v) is 5.82. The van der Waals surface area contributed by atoms with E-state index in [1.807, 2.05) is 0 Å². The molecule has 22 heavy (non-hydrogen) atoms. The van der Waals surface area contributed by atoms with Crippen molar-refractivity contribution in [2.24, 2.45) is 17.3 Å². The first-order valence-electron chi connectivity index (χ1n) is 8.78. The summed E-state index contributed by atoms with van der Waals surface area (Å²) in [7, 11) is 0. The van der Waals surface area contributed by atoms with Crippen LogP contribution in [0.3, 0.4) is 0 Å². The molecule has 0 atom stereocenters. The molecule has 0 aliphatic heterocycles. The SMILES string of the molecule is CC(C)C(Cc1ccccc1)(Cc1ccccc1)C1CCC1. The normalized spacial score (nSPS) is 15.8. The van der Waals surface area contributed by atoms with Gasteiger partial charge in [-0.2, -0.15) is 0 Å². The Balaban J connectivity index is 1.92. The highest BCUT2D eigenvalue weighted by Crippen LogP contribution is 2.50. The summed E-state index contributed by atoms with van der Waals surface area (Å²) in [5, 5.41) is 0. The van der Waals surface area contributed by atoms with E-state index in [0.717, 1.165) is 5.92 Å². The van der Waals surface area contributed by atoms with Gasteiger partial charge < -0.3 is 0 Å². The standard InChI is InChI=1S/C22H28/c1-18(2)22(21-14-9-15-21,16-19-10-5-3-6-11-19)17-20-12-7-4-8-13-20/h3-8,10-13,18,21H,9,14-17H2,1-2H3. The summed E-state index contributed by atoms with van der Waals surface area (Å²) in [6, 6.07) is 22.2. The minimum absolute atomic E-state index is 0.404. The molecule has 0 heteroatoms. The highest BCUT2D eigenvalue weighted by atomic mass is 14.5. The molecule has 0 spiro atoms. The third kappa shape index (κ3) is 3.11. The fourth-order valence-electron chi connectivity index (χ4n) is 4.17. The van der Waals surface area contributed by atoms with Gasteiger partial charge in [0.2, 0.25) is 0 Å². The smallest absolute Gasteiger partial charge is 0.0165 e. The monoisotopic (exact) mass is 292 g/mol. The molecule has 0 heterocycles. The van der Waals surface area contributed by atoms with E-state index in [1.54, 1.807) is 0 Å². The van der Waals surface area contributed by atoms with Gasteiger partial charge in [0.15, 0.2) is 0 Å². The fraction of sp³-hybridized carbons (Fsp3) is 0.455. The van der Waals surface area contributed by atoms with Crippen LogP contribution < -0.4 is 0 Å². The Morgan fingerprint density at radius 3 is 1.59 bits per heavy atom. The molecule has 0 saturated heterocycles. The lowest BCUT2D eigenvalue weighted by Crippen LogP contribution is -2.43. The van der Waals surface area contributed by atoms with Gasteiger partial charge in [0.1, 0.15) is 0 Å². The Labute approximate surface area is 135 Å². The Hall–Kier alpha value is -1.56. The maximum absolute atomic E-state index is 2.43. The third-order valence-electron chi connectivity index (χ3n) is 5.82. The quantitative estimate of drug-likeness (QED) is 0.620. The van der Waals surface area contributed by atoms with Crippen LogP contribution in [-0.2, 0) is 12.8 Å². The predicted octanol–water partition coefficient (Wildman–Crippen LogP) is 5.91. The number of benzene rings is 2. The molecule has 0 bridgehead atoms. The molecule has 1 aliphatic rings. The van der Waals surface area contributed by atoms with Crippen LogP contribution in [0.2, 0.25) is 0 Å². The minimum atomic E-state index is 0.404. The van der Waals surface area contributed by atoms with Crippen LogP contribution in [0.4, 0.5) is 0 Å². The lowest BCUT2D eigenvalue weighted by Gasteiger charge is -2.49. The lowest BCUT2D eigenvalue weighted by molar-refractivity contribution is 0.0327. The molecule has 1 fully saturated rings. The summed E-state index contributed by atoms with van der Waals surface area (Å²) in [6.45, 7) is 4.87. The van der Waals surface area contributed by atoms with Crippen molar-refractivity contribution < 1.29 is 0 Å². The van der Waals surface area contributed by atoms with Crippen molar-refractivity contribution in [2.75, 3.05) is 0 Å². The molecule has 3 rings (SSSR count). The zero-order valence-corrected chi connectivity index (χ0v) is 14.0. The second-order valence-corrected chi connectivity index (χ2v) is 7.34. The van der Waals surface area contributed by atoms with Gasteiger partial charge in [0.05, 0.1) is 0 Å². The van der Waals surface area contributed by atoms with Gasteiger partial charge >= 0.3 is 0 Å². The van der Waals surface area contributed by atoms with Crippen molar-refractivity contribution >= 4 is 0 Å². The van der Waals surface area contributed by atoms with Crippen molar-refractivity contribution in [3.8, 4) is 0 Å². The molecule has 0 nitrogen and oxygen atoms in total. The molecular formula is C22H28. The van der Waals surface area contributed by atoms with Gasteiger partial charge in [-0.15, -0.1) is 0 Å². The largest absolute Gasteiger partial charge is 0.0622 e.